The highest BCUT2D eigenvalue weighted by Crippen LogP contribution is 2.39. The van der Waals surface area contributed by atoms with E-state index in [0.29, 0.717) is 5.41 Å². The first-order valence-electron chi connectivity index (χ1n) is 7.22. The maximum Gasteiger partial charge on any atom is 0.185 e. The molecule has 4 nitrogen and oxygen atoms in total. The molecule has 3 rings (SSSR count). The molecule has 2 saturated heterocycles. The standard InChI is InChI=1S/C14H24N4S/c1-17(2)13-16-9-12(19-13)10-18-8-5-14(11-18)3-6-15-7-4-14/h9,15H,3-8,10-11H2,1-2H3. The van der Waals surface area contributed by atoms with Crippen LogP contribution in [0.4, 0.5) is 5.13 Å². The highest BCUT2D eigenvalue weighted by molar-refractivity contribution is 7.15. The second-order valence-corrected chi connectivity index (χ2v) is 7.31. The van der Waals surface area contributed by atoms with E-state index < -0.39 is 0 Å². The van der Waals surface area contributed by atoms with Crippen LogP contribution in [-0.2, 0) is 6.54 Å². The van der Waals surface area contributed by atoms with Crippen LogP contribution < -0.4 is 10.2 Å². The molecular formula is C14H24N4S. The summed E-state index contributed by atoms with van der Waals surface area (Å²) >= 11 is 1.82. The minimum absolute atomic E-state index is 0.611. The van der Waals surface area contributed by atoms with Crippen LogP contribution in [0.2, 0.25) is 0 Å². The molecule has 1 aromatic rings. The molecular weight excluding hydrogens is 256 g/mol. The monoisotopic (exact) mass is 280 g/mol. The normalized spacial score (nSPS) is 23.1. The number of hydrogen-bond acceptors (Lipinski definition) is 5. The van der Waals surface area contributed by atoms with Crippen molar-refractivity contribution in [2.45, 2.75) is 25.8 Å². The molecule has 0 radical (unpaired) electrons. The van der Waals surface area contributed by atoms with Crippen LogP contribution in [0.5, 0.6) is 0 Å². The molecule has 1 N–H and O–H groups in total. The van der Waals surface area contributed by atoms with Crippen LogP contribution in [-0.4, -0.2) is 50.2 Å². The van der Waals surface area contributed by atoms with Gasteiger partial charge in [-0.05, 0) is 44.3 Å². The van der Waals surface area contributed by atoms with Gasteiger partial charge in [-0.2, -0.15) is 0 Å². The van der Waals surface area contributed by atoms with Gasteiger partial charge in [0.05, 0.1) is 0 Å². The van der Waals surface area contributed by atoms with Crippen molar-refractivity contribution in [1.29, 1.82) is 0 Å². The lowest BCUT2D eigenvalue weighted by atomic mass is 9.78. The fourth-order valence-corrected chi connectivity index (χ4v) is 4.20. The average Bonchev–Trinajstić information content (AvgIpc) is 2.99. The van der Waals surface area contributed by atoms with Gasteiger partial charge in [-0.3, -0.25) is 4.90 Å². The zero-order valence-electron chi connectivity index (χ0n) is 12.0. The van der Waals surface area contributed by atoms with Crippen molar-refractivity contribution < 1.29 is 0 Å². The molecule has 0 aromatic carbocycles. The van der Waals surface area contributed by atoms with Crippen molar-refractivity contribution in [3.05, 3.63) is 11.1 Å². The summed E-state index contributed by atoms with van der Waals surface area (Å²) in [5, 5.41) is 4.60. The molecule has 2 aliphatic rings. The second-order valence-electron chi connectivity index (χ2n) is 6.21. The number of piperidine rings is 1. The number of nitrogens with one attached hydrogen (secondary N) is 1. The Morgan fingerprint density at radius 3 is 2.84 bits per heavy atom. The van der Waals surface area contributed by atoms with Crippen molar-refractivity contribution in [2.24, 2.45) is 5.41 Å². The van der Waals surface area contributed by atoms with Crippen LogP contribution in [0.15, 0.2) is 6.20 Å². The van der Waals surface area contributed by atoms with Crippen molar-refractivity contribution in [3.63, 3.8) is 0 Å². The third kappa shape index (κ3) is 2.93. The zero-order valence-corrected chi connectivity index (χ0v) is 12.8. The van der Waals surface area contributed by atoms with Gasteiger partial charge in [0.1, 0.15) is 0 Å². The molecule has 1 spiro atoms. The van der Waals surface area contributed by atoms with Gasteiger partial charge in [0.25, 0.3) is 0 Å². The molecule has 0 unspecified atom stereocenters. The Balaban J connectivity index is 1.58. The molecule has 0 saturated carbocycles. The molecule has 0 aliphatic carbocycles. The van der Waals surface area contributed by atoms with Gasteiger partial charge in [0.15, 0.2) is 5.13 Å². The quantitative estimate of drug-likeness (QED) is 0.914. The fourth-order valence-electron chi connectivity index (χ4n) is 3.33. The third-order valence-electron chi connectivity index (χ3n) is 4.48. The molecule has 5 heteroatoms. The lowest BCUT2D eigenvalue weighted by molar-refractivity contribution is 0.194. The summed E-state index contributed by atoms with van der Waals surface area (Å²) in [6, 6.07) is 0. The zero-order chi connectivity index (χ0) is 13.3. The van der Waals surface area contributed by atoms with Gasteiger partial charge in [-0.15, -0.1) is 11.3 Å². The van der Waals surface area contributed by atoms with Crippen molar-refractivity contribution in [2.75, 3.05) is 45.2 Å². The smallest absolute Gasteiger partial charge is 0.185 e. The number of hydrogen-bond donors (Lipinski definition) is 1. The van der Waals surface area contributed by atoms with Crippen molar-refractivity contribution in [3.8, 4) is 0 Å². The lowest BCUT2D eigenvalue weighted by Gasteiger charge is -2.33. The molecule has 0 amide bonds. The Labute approximate surface area is 119 Å². The average molecular weight is 280 g/mol. The molecule has 3 heterocycles. The van der Waals surface area contributed by atoms with Crippen LogP contribution in [0, 0.1) is 5.41 Å². The summed E-state index contributed by atoms with van der Waals surface area (Å²) in [6.45, 7) is 6.04. The lowest BCUT2D eigenvalue weighted by Crippen LogP contribution is -2.38. The predicted octanol–water partition coefficient (Wildman–Crippen LogP) is 1.78. The number of anilines is 1. The van der Waals surface area contributed by atoms with E-state index in [4.69, 9.17) is 0 Å². The third-order valence-corrected chi connectivity index (χ3v) is 5.63. The van der Waals surface area contributed by atoms with E-state index in [-0.39, 0.29) is 0 Å². The van der Waals surface area contributed by atoms with Gasteiger partial charge >= 0.3 is 0 Å². The largest absolute Gasteiger partial charge is 0.354 e. The van der Waals surface area contributed by atoms with Crippen LogP contribution in [0.1, 0.15) is 24.1 Å². The van der Waals surface area contributed by atoms with Crippen LogP contribution in [0.3, 0.4) is 0 Å². The van der Waals surface area contributed by atoms with Gasteiger partial charge < -0.3 is 10.2 Å². The first-order valence-corrected chi connectivity index (χ1v) is 8.04. The predicted molar refractivity (Wildman–Crippen MR) is 80.9 cm³/mol. The Bertz CT molecular complexity index is 423. The van der Waals surface area contributed by atoms with Crippen LogP contribution in [0.25, 0.3) is 0 Å². The summed E-state index contributed by atoms with van der Waals surface area (Å²) in [5.41, 5.74) is 0.611. The summed E-state index contributed by atoms with van der Waals surface area (Å²) < 4.78 is 0. The van der Waals surface area contributed by atoms with Crippen LogP contribution >= 0.6 is 11.3 Å². The molecule has 2 fully saturated rings. The molecule has 0 atom stereocenters. The minimum Gasteiger partial charge on any atom is -0.354 e. The van der Waals surface area contributed by atoms with Gasteiger partial charge in [-0.25, -0.2) is 4.98 Å². The van der Waals surface area contributed by atoms with E-state index in [1.54, 1.807) is 0 Å². The highest BCUT2D eigenvalue weighted by Gasteiger charge is 2.38. The topological polar surface area (TPSA) is 31.4 Å². The maximum atomic E-state index is 4.47. The summed E-state index contributed by atoms with van der Waals surface area (Å²) in [7, 11) is 4.12. The molecule has 0 bridgehead atoms. The Morgan fingerprint density at radius 1 is 1.37 bits per heavy atom. The van der Waals surface area contributed by atoms with Crippen molar-refractivity contribution >= 4 is 16.5 Å². The molecule has 2 aliphatic heterocycles. The van der Waals surface area contributed by atoms with Crippen molar-refractivity contribution in [1.82, 2.24) is 15.2 Å². The summed E-state index contributed by atoms with van der Waals surface area (Å²) in [6.07, 6.45) is 6.14. The minimum atomic E-state index is 0.611. The van der Waals surface area contributed by atoms with E-state index in [9.17, 15) is 0 Å². The molecule has 106 valence electrons. The number of rotatable bonds is 3. The first kappa shape index (κ1) is 13.3. The number of nitrogens with zero attached hydrogens (tertiary/aromatic N) is 3. The Morgan fingerprint density at radius 2 is 2.16 bits per heavy atom. The fraction of sp³-hybridized carbons (Fsp3) is 0.786. The summed E-state index contributed by atoms with van der Waals surface area (Å²) in [4.78, 5) is 10.6. The number of likely N-dealkylation sites (tertiary alicyclic amines) is 1. The Kier molecular flexibility index (Phi) is 3.78. The van der Waals surface area contributed by atoms with Gasteiger partial charge in [0, 0.05) is 38.3 Å². The molecule has 1 aromatic heterocycles. The van der Waals surface area contributed by atoms with E-state index >= 15 is 0 Å². The second kappa shape index (κ2) is 5.38. The van der Waals surface area contributed by atoms with E-state index in [1.807, 2.05) is 17.5 Å². The van der Waals surface area contributed by atoms with Gasteiger partial charge in [0.2, 0.25) is 0 Å². The van der Waals surface area contributed by atoms with E-state index in [1.165, 1.54) is 50.3 Å². The first-order chi connectivity index (χ1) is 9.17. The number of aromatic nitrogens is 1. The SMILES string of the molecule is CN(C)c1ncc(CN2CCC3(CCNCC3)C2)s1. The van der Waals surface area contributed by atoms with E-state index in [2.05, 4.69) is 34.2 Å². The number of thiazole rings is 1. The summed E-state index contributed by atoms with van der Waals surface area (Å²) in [5.74, 6) is 0. The maximum absolute atomic E-state index is 4.47. The highest BCUT2D eigenvalue weighted by atomic mass is 32.1. The molecule has 19 heavy (non-hydrogen) atoms. The Hall–Kier alpha value is -0.650. The van der Waals surface area contributed by atoms with E-state index in [0.717, 1.165) is 11.7 Å². The van der Waals surface area contributed by atoms with Gasteiger partial charge in [-0.1, -0.05) is 0 Å².